The molecule has 2 saturated carbocycles. The summed E-state index contributed by atoms with van der Waals surface area (Å²) >= 11 is 0. The summed E-state index contributed by atoms with van der Waals surface area (Å²) in [5, 5.41) is 6.07. The van der Waals surface area contributed by atoms with Crippen LogP contribution >= 0.6 is 0 Å². The standard InChI is InChI=1S/C38H40N6O6/c39-33(45)27-17-43(19-29(27)35(47)41-31-15-25(31)21-7-3-1-4-8-21)37(49)23-11-13-24(14-12-23)38(50)44-18-28(34(40)46)30(20-44)36(48)42-32-16-26(32)22-9-5-2-6-10-22/h1-14,25-32H,15-20H2,(H2,39,45)(H2,40,46)(H,41,47)(H,42,48)/t25-,26-,27-,28-,29-,30-,31+,32+/m1/s1. The summed E-state index contributed by atoms with van der Waals surface area (Å²) in [6.45, 7) is 0.109. The second-order valence-corrected chi connectivity index (χ2v) is 14.0. The van der Waals surface area contributed by atoms with E-state index in [0.29, 0.717) is 0 Å². The van der Waals surface area contributed by atoms with Gasteiger partial charge in [0.15, 0.2) is 0 Å². The van der Waals surface area contributed by atoms with Gasteiger partial charge in [0.25, 0.3) is 11.8 Å². The molecule has 2 saturated heterocycles. The van der Waals surface area contributed by atoms with Gasteiger partial charge in [-0.2, -0.15) is 0 Å². The van der Waals surface area contributed by atoms with E-state index in [4.69, 9.17) is 11.5 Å². The maximum absolute atomic E-state index is 13.5. The van der Waals surface area contributed by atoms with E-state index in [1.165, 1.54) is 34.1 Å². The van der Waals surface area contributed by atoms with E-state index >= 15 is 0 Å². The number of hydrogen-bond donors (Lipinski definition) is 4. The monoisotopic (exact) mass is 676 g/mol. The largest absolute Gasteiger partial charge is 0.369 e. The number of hydrogen-bond acceptors (Lipinski definition) is 6. The van der Waals surface area contributed by atoms with Crippen LogP contribution in [0.4, 0.5) is 0 Å². The minimum absolute atomic E-state index is 0.0123. The molecular weight excluding hydrogens is 636 g/mol. The van der Waals surface area contributed by atoms with Gasteiger partial charge >= 0.3 is 0 Å². The van der Waals surface area contributed by atoms with Crippen molar-refractivity contribution >= 4 is 35.4 Å². The average Bonchev–Trinajstić information content (AvgIpc) is 3.96. The zero-order chi connectivity index (χ0) is 35.1. The van der Waals surface area contributed by atoms with E-state index in [0.717, 1.165) is 24.0 Å². The molecule has 0 aromatic heterocycles. The maximum Gasteiger partial charge on any atom is 0.253 e. The molecule has 2 aliphatic heterocycles. The lowest BCUT2D eigenvalue weighted by atomic mass is 9.94. The SMILES string of the molecule is NC(=O)[C@@H]1CN(C(=O)c2ccc(C(=O)N3C[C@@H](C(N)=O)[C@H](C(=O)N[C@H]4C[C@@H]4c4ccccc4)C3)cc2)C[C@H]1C(=O)N[C@H]1C[C@@H]1c1ccccc1. The number of carbonyl (C=O) groups is 6. The van der Waals surface area contributed by atoms with Gasteiger partial charge in [-0.05, 0) is 48.2 Å². The van der Waals surface area contributed by atoms with E-state index in [-0.39, 0.29) is 84.9 Å². The van der Waals surface area contributed by atoms with Crippen LogP contribution in [0.2, 0.25) is 0 Å². The molecule has 0 radical (unpaired) electrons. The zero-order valence-corrected chi connectivity index (χ0v) is 27.4. The lowest BCUT2D eigenvalue weighted by Crippen LogP contribution is -2.40. The molecule has 6 N–H and O–H groups in total. The van der Waals surface area contributed by atoms with Crippen LogP contribution in [0.25, 0.3) is 0 Å². The normalized spacial score (nSPS) is 28.1. The van der Waals surface area contributed by atoms with Gasteiger partial charge in [0.05, 0.1) is 23.7 Å². The maximum atomic E-state index is 13.5. The van der Waals surface area contributed by atoms with E-state index in [1.54, 1.807) is 0 Å². The molecule has 12 heteroatoms. The highest BCUT2D eigenvalue weighted by Gasteiger charge is 2.48. The van der Waals surface area contributed by atoms with Crippen molar-refractivity contribution < 1.29 is 28.8 Å². The van der Waals surface area contributed by atoms with Crippen molar-refractivity contribution in [2.75, 3.05) is 26.2 Å². The Morgan fingerprint density at radius 1 is 0.500 bits per heavy atom. The van der Waals surface area contributed by atoms with Gasteiger partial charge in [-0.1, -0.05) is 60.7 Å². The summed E-state index contributed by atoms with van der Waals surface area (Å²) in [7, 11) is 0. The second kappa shape index (κ2) is 13.4. The summed E-state index contributed by atoms with van der Waals surface area (Å²) in [6, 6.07) is 25.8. The molecule has 4 fully saturated rings. The van der Waals surface area contributed by atoms with Crippen molar-refractivity contribution in [1.82, 2.24) is 20.4 Å². The first-order chi connectivity index (χ1) is 24.1. The van der Waals surface area contributed by atoms with Crippen molar-refractivity contribution in [1.29, 1.82) is 0 Å². The number of amides is 6. The number of carbonyl (C=O) groups excluding carboxylic acids is 6. The second-order valence-electron chi connectivity index (χ2n) is 14.0. The lowest BCUT2D eigenvalue weighted by molar-refractivity contribution is -0.131. The third-order valence-corrected chi connectivity index (χ3v) is 10.7. The zero-order valence-electron chi connectivity index (χ0n) is 27.4. The molecule has 50 heavy (non-hydrogen) atoms. The minimum Gasteiger partial charge on any atom is -0.369 e. The fraction of sp³-hybridized carbons (Fsp3) is 0.368. The predicted octanol–water partition coefficient (Wildman–Crippen LogP) is 1.38. The summed E-state index contributed by atoms with van der Waals surface area (Å²) in [5.74, 6) is -5.40. The molecule has 6 amide bonds. The van der Waals surface area contributed by atoms with Crippen molar-refractivity contribution in [2.45, 2.75) is 36.8 Å². The Balaban J connectivity index is 0.952. The Morgan fingerprint density at radius 3 is 1.18 bits per heavy atom. The smallest absolute Gasteiger partial charge is 0.253 e. The molecule has 4 aliphatic rings. The summed E-state index contributed by atoms with van der Waals surface area (Å²) in [4.78, 5) is 81.0. The first-order valence-corrected chi connectivity index (χ1v) is 17.1. The van der Waals surface area contributed by atoms with Crippen LogP contribution in [0.1, 0.15) is 56.5 Å². The van der Waals surface area contributed by atoms with Gasteiger partial charge < -0.3 is 31.9 Å². The van der Waals surface area contributed by atoms with Crippen molar-refractivity contribution in [3.8, 4) is 0 Å². The number of benzene rings is 3. The fourth-order valence-corrected chi connectivity index (χ4v) is 7.59. The topological polar surface area (TPSA) is 185 Å². The molecular formula is C38H40N6O6. The molecule has 0 unspecified atom stereocenters. The highest BCUT2D eigenvalue weighted by atomic mass is 16.2. The van der Waals surface area contributed by atoms with Gasteiger partial charge in [-0.3, -0.25) is 28.8 Å². The summed E-state index contributed by atoms with van der Waals surface area (Å²) in [6.07, 6.45) is 1.61. The number of primary amides is 2. The van der Waals surface area contributed by atoms with Crippen LogP contribution in [0.5, 0.6) is 0 Å². The van der Waals surface area contributed by atoms with Crippen LogP contribution in [-0.2, 0) is 19.2 Å². The fourth-order valence-electron chi connectivity index (χ4n) is 7.59. The molecule has 2 heterocycles. The Kier molecular flexibility index (Phi) is 8.85. The Hall–Kier alpha value is -5.52. The predicted molar refractivity (Wildman–Crippen MR) is 182 cm³/mol. The van der Waals surface area contributed by atoms with Crippen molar-refractivity contribution in [3.05, 3.63) is 107 Å². The number of nitrogens with one attached hydrogen (secondary N) is 2. The molecule has 0 spiro atoms. The molecule has 3 aromatic rings. The highest BCUT2D eigenvalue weighted by Crippen LogP contribution is 2.42. The Morgan fingerprint density at radius 2 is 0.840 bits per heavy atom. The van der Waals surface area contributed by atoms with Crippen LogP contribution in [0.15, 0.2) is 84.9 Å². The Bertz CT molecular complexity index is 1690. The van der Waals surface area contributed by atoms with Gasteiger partial charge in [-0.15, -0.1) is 0 Å². The van der Waals surface area contributed by atoms with Crippen LogP contribution in [0, 0.1) is 23.7 Å². The van der Waals surface area contributed by atoms with Crippen molar-refractivity contribution in [3.63, 3.8) is 0 Å². The van der Waals surface area contributed by atoms with E-state index in [2.05, 4.69) is 10.6 Å². The van der Waals surface area contributed by atoms with Gasteiger partial charge in [-0.25, -0.2) is 0 Å². The third-order valence-electron chi connectivity index (χ3n) is 10.7. The van der Waals surface area contributed by atoms with Crippen LogP contribution < -0.4 is 22.1 Å². The quantitative estimate of drug-likeness (QED) is 0.251. The van der Waals surface area contributed by atoms with Gasteiger partial charge in [0.1, 0.15) is 0 Å². The number of nitrogens with two attached hydrogens (primary N) is 2. The molecule has 7 rings (SSSR count). The first-order valence-electron chi connectivity index (χ1n) is 17.1. The average molecular weight is 677 g/mol. The molecule has 0 bridgehead atoms. The molecule has 2 aliphatic carbocycles. The van der Waals surface area contributed by atoms with E-state index in [9.17, 15) is 28.8 Å². The number of likely N-dealkylation sites (tertiary alicyclic amines) is 2. The van der Waals surface area contributed by atoms with Gasteiger partial charge in [0.2, 0.25) is 23.6 Å². The van der Waals surface area contributed by atoms with E-state index in [1.807, 2.05) is 60.7 Å². The van der Waals surface area contributed by atoms with Crippen molar-refractivity contribution in [2.24, 2.45) is 35.1 Å². The first kappa shape index (κ1) is 33.0. The van der Waals surface area contributed by atoms with Gasteiger partial charge in [0, 0.05) is 61.2 Å². The Labute approximate surface area is 289 Å². The molecule has 12 nitrogen and oxygen atoms in total. The summed E-state index contributed by atoms with van der Waals surface area (Å²) < 4.78 is 0. The molecule has 3 aromatic carbocycles. The van der Waals surface area contributed by atoms with Crippen LogP contribution in [-0.4, -0.2) is 83.5 Å². The number of nitrogens with zero attached hydrogens (tertiary/aromatic N) is 2. The minimum atomic E-state index is -0.823. The lowest BCUT2D eigenvalue weighted by Gasteiger charge is -2.18. The third kappa shape index (κ3) is 6.70. The molecule has 258 valence electrons. The molecule has 8 atom stereocenters. The summed E-state index contributed by atoms with van der Waals surface area (Å²) in [5.41, 5.74) is 14.2. The van der Waals surface area contributed by atoms with Crippen LogP contribution in [0.3, 0.4) is 0 Å². The highest BCUT2D eigenvalue weighted by molar-refractivity contribution is 6.00. The number of rotatable bonds is 10. The van der Waals surface area contributed by atoms with E-state index < -0.39 is 35.5 Å².